The van der Waals surface area contributed by atoms with Gasteiger partial charge in [-0.15, -0.1) is 11.3 Å². The van der Waals surface area contributed by atoms with Crippen LogP contribution in [0.4, 0.5) is 5.69 Å². The lowest BCUT2D eigenvalue weighted by atomic mass is 10.2. The molecule has 0 unspecified atom stereocenters. The molecule has 0 aliphatic rings. The van der Waals surface area contributed by atoms with E-state index in [-0.39, 0.29) is 24.8 Å². The van der Waals surface area contributed by atoms with Crippen LogP contribution in [-0.4, -0.2) is 39.8 Å². The summed E-state index contributed by atoms with van der Waals surface area (Å²) in [5.74, 6) is -0.555. The third kappa shape index (κ3) is 5.53. The van der Waals surface area contributed by atoms with Crippen molar-refractivity contribution < 1.29 is 9.59 Å². The number of halogens is 2. The number of hydrogen-bond donors (Lipinski definition) is 1. The Morgan fingerprint density at radius 2 is 1.93 bits per heavy atom. The Hall–Kier alpha value is -2.48. The van der Waals surface area contributed by atoms with Gasteiger partial charge < -0.3 is 10.2 Å². The van der Waals surface area contributed by atoms with Crippen LogP contribution in [0.15, 0.2) is 48.1 Å². The minimum absolute atomic E-state index is 0.101. The number of anilines is 1. The van der Waals surface area contributed by atoms with E-state index >= 15 is 0 Å². The van der Waals surface area contributed by atoms with Crippen molar-refractivity contribution in [2.24, 2.45) is 0 Å². The quantitative estimate of drug-likeness (QED) is 0.575. The second-order valence-corrected chi connectivity index (χ2v) is 7.79. The van der Waals surface area contributed by atoms with Crippen molar-refractivity contribution in [3.63, 3.8) is 0 Å². The predicted octanol–water partition coefficient (Wildman–Crippen LogP) is 4.54. The molecule has 0 bridgehead atoms. The number of carbonyl (C=O) groups is 2. The van der Waals surface area contributed by atoms with Crippen LogP contribution in [0.2, 0.25) is 10.0 Å². The Morgan fingerprint density at radius 3 is 2.59 bits per heavy atom. The van der Waals surface area contributed by atoms with Gasteiger partial charge in [0.1, 0.15) is 5.01 Å². The van der Waals surface area contributed by atoms with Gasteiger partial charge in [-0.05, 0) is 31.2 Å². The third-order valence-corrected chi connectivity index (χ3v) is 5.66. The molecule has 0 atom stereocenters. The topological polar surface area (TPSA) is 75.2 Å². The van der Waals surface area contributed by atoms with Gasteiger partial charge in [-0.3, -0.25) is 14.6 Å². The minimum Gasteiger partial charge on any atom is -0.333 e. The summed E-state index contributed by atoms with van der Waals surface area (Å²) < 4.78 is 0. The first kappa shape index (κ1) is 21.2. The van der Waals surface area contributed by atoms with Gasteiger partial charge >= 0.3 is 0 Å². The average Bonchev–Trinajstić information content (AvgIpc) is 3.18. The molecule has 0 saturated carbocycles. The highest BCUT2D eigenvalue weighted by Gasteiger charge is 2.19. The van der Waals surface area contributed by atoms with Gasteiger partial charge in [0.05, 0.1) is 34.4 Å². The van der Waals surface area contributed by atoms with E-state index in [0.29, 0.717) is 28.0 Å². The summed E-state index contributed by atoms with van der Waals surface area (Å²) in [6.07, 6.45) is 3.54. The fraction of sp³-hybridized carbons (Fsp3) is 0.200. The average molecular weight is 449 g/mol. The number of pyridine rings is 1. The van der Waals surface area contributed by atoms with Gasteiger partial charge in [-0.2, -0.15) is 0 Å². The summed E-state index contributed by atoms with van der Waals surface area (Å²) in [5.41, 5.74) is 1.90. The van der Waals surface area contributed by atoms with Crippen LogP contribution in [0.3, 0.4) is 0 Å². The molecule has 0 aliphatic heterocycles. The highest BCUT2D eigenvalue weighted by molar-refractivity contribution is 7.13. The van der Waals surface area contributed by atoms with Gasteiger partial charge in [0.2, 0.25) is 11.8 Å². The smallest absolute Gasteiger partial charge is 0.244 e. The Balaban J connectivity index is 1.62. The zero-order chi connectivity index (χ0) is 20.8. The van der Waals surface area contributed by atoms with Crippen molar-refractivity contribution in [2.45, 2.75) is 13.3 Å². The van der Waals surface area contributed by atoms with Gasteiger partial charge in [-0.1, -0.05) is 29.3 Å². The molecule has 0 aliphatic carbocycles. The molecule has 2 aromatic heterocycles. The van der Waals surface area contributed by atoms with Crippen molar-refractivity contribution in [3.8, 4) is 10.6 Å². The fourth-order valence-corrected chi connectivity index (χ4v) is 3.93. The van der Waals surface area contributed by atoms with Crippen LogP contribution < -0.4 is 5.32 Å². The lowest BCUT2D eigenvalue weighted by Gasteiger charge is -2.20. The predicted molar refractivity (Wildman–Crippen MR) is 116 cm³/mol. The van der Waals surface area contributed by atoms with Crippen LogP contribution in [0.5, 0.6) is 0 Å². The van der Waals surface area contributed by atoms with Crippen molar-refractivity contribution >= 4 is 52.0 Å². The molecule has 0 radical (unpaired) electrons. The molecular formula is C20H18Cl2N4O2S. The standard InChI is InChI=1S/C20H18Cl2N4O2S/c1-2-26(11-17(27)25-19-15(21)6-3-7-16(19)22)18(28)9-14-12-29-20(24-14)13-5-4-8-23-10-13/h3-8,10,12H,2,9,11H2,1H3,(H,25,27). The second kappa shape index (κ2) is 9.82. The van der Waals surface area contributed by atoms with Crippen LogP contribution in [0.25, 0.3) is 10.6 Å². The number of nitrogens with one attached hydrogen (secondary N) is 1. The summed E-state index contributed by atoms with van der Waals surface area (Å²) in [6, 6.07) is 8.71. The summed E-state index contributed by atoms with van der Waals surface area (Å²) >= 11 is 13.6. The first-order chi connectivity index (χ1) is 14.0. The Labute approximate surface area is 182 Å². The van der Waals surface area contributed by atoms with Crippen molar-refractivity contribution in [3.05, 3.63) is 63.8 Å². The second-order valence-electron chi connectivity index (χ2n) is 6.12. The molecule has 3 rings (SSSR count). The highest BCUT2D eigenvalue weighted by atomic mass is 35.5. The molecule has 2 amide bonds. The molecule has 2 heterocycles. The number of amides is 2. The van der Waals surface area contributed by atoms with Crippen molar-refractivity contribution in [1.29, 1.82) is 0 Å². The van der Waals surface area contributed by atoms with E-state index in [0.717, 1.165) is 10.6 Å². The summed E-state index contributed by atoms with van der Waals surface area (Å²) in [6.45, 7) is 2.11. The van der Waals surface area contributed by atoms with Crippen LogP contribution in [0.1, 0.15) is 12.6 Å². The Morgan fingerprint density at radius 1 is 1.17 bits per heavy atom. The molecule has 0 spiro atoms. The Bertz CT molecular complexity index is 990. The number of thiazole rings is 1. The van der Waals surface area contributed by atoms with E-state index in [9.17, 15) is 9.59 Å². The number of likely N-dealkylation sites (N-methyl/N-ethyl adjacent to an activating group) is 1. The number of benzene rings is 1. The molecule has 1 aromatic carbocycles. The molecule has 9 heteroatoms. The normalized spacial score (nSPS) is 10.6. The molecule has 3 aromatic rings. The van der Waals surface area contributed by atoms with E-state index in [1.807, 2.05) is 24.4 Å². The molecule has 29 heavy (non-hydrogen) atoms. The van der Waals surface area contributed by atoms with Gasteiger partial charge in [0.25, 0.3) is 0 Å². The monoisotopic (exact) mass is 448 g/mol. The largest absolute Gasteiger partial charge is 0.333 e. The van der Waals surface area contributed by atoms with Crippen LogP contribution in [-0.2, 0) is 16.0 Å². The van der Waals surface area contributed by atoms with E-state index < -0.39 is 0 Å². The molecule has 6 nitrogen and oxygen atoms in total. The van der Waals surface area contributed by atoms with E-state index in [1.54, 1.807) is 30.6 Å². The molecule has 0 saturated heterocycles. The maximum absolute atomic E-state index is 12.7. The van der Waals surface area contributed by atoms with E-state index in [2.05, 4.69) is 15.3 Å². The van der Waals surface area contributed by atoms with Crippen molar-refractivity contribution in [1.82, 2.24) is 14.9 Å². The van der Waals surface area contributed by atoms with Gasteiger partial charge in [0, 0.05) is 29.9 Å². The Kier molecular flexibility index (Phi) is 7.19. The summed E-state index contributed by atoms with van der Waals surface area (Å²) in [7, 11) is 0. The van der Waals surface area contributed by atoms with Gasteiger partial charge in [-0.25, -0.2) is 4.98 Å². The lowest BCUT2D eigenvalue weighted by molar-refractivity contribution is -0.133. The van der Waals surface area contributed by atoms with Crippen LogP contribution >= 0.6 is 34.5 Å². The SMILES string of the molecule is CCN(CC(=O)Nc1c(Cl)cccc1Cl)C(=O)Cc1csc(-c2cccnc2)n1. The fourth-order valence-electron chi connectivity index (χ4n) is 2.62. The third-order valence-electron chi connectivity index (χ3n) is 4.09. The maximum Gasteiger partial charge on any atom is 0.244 e. The first-order valence-electron chi connectivity index (χ1n) is 8.84. The van der Waals surface area contributed by atoms with Gasteiger partial charge in [0.15, 0.2) is 0 Å². The maximum atomic E-state index is 12.7. The zero-order valence-electron chi connectivity index (χ0n) is 15.6. The van der Waals surface area contributed by atoms with E-state index in [1.165, 1.54) is 16.2 Å². The number of aromatic nitrogens is 2. The molecule has 150 valence electrons. The highest BCUT2D eigenvalue weighted by Crippen LogP contribution is 2.29. The molecule has 1 N–H and O–H groups in total. The van der Waals surface area contributed by atoms with E-state index in [4.69, 9.17) is 23.2 Å². The first-order valence-corrected chi connectivity index (χ1v) is 10.5. The van der Waals surface area contributed by atoms with Crippen LogP contribution in [0, 0.1) is 0 Å². The number of nitrogens with zero attached hydrogens (tertiary/aromatic N) is 3. The minimum atomic E-state index is -0.371. The number of carbonyl (C=O) groups excluding carboxylic acids is 2. The lowest BCUT2D eigenvalue weighted by Crippen LogP contribution is -2.38. The summed E-state index contributed by atoms with van der Waals surface area (Å²) in [5, 5.41) is 5.99. The summed E-state index contributed by atoms with van der Waals surface area (Å²) in [4.78, 5) is 35.1. The molecular weight excluding hydrogens is 431 g/mol. The number of para-hydroxylation sites is 1. The molecule has 0 fully saturated rings. The number of hydrogen-bond acceptors (Lipinski definition) is 5. The van der Waals surface area contributed by atoms with Crippen molar-refractivity contribution in [2.75, 3.05) is 18.4 Å². The zero-order valence-corrected chi connectivity index (χ0v) is 17.9. The number of rotatable bonds is 7.